The minimum atomic E-state index is -0.809. The molecule has 4 nitrogen and oxygen atoms in total. The van der Waals surface area contributed by atoms with E-state index in [4.69, 9.17) is 0 Å². The van der Waals surface area contributed by atoms with E-state index in [0.717, 1.165) is 32.2 Å². The molecule has 0 saturated heterocycles. The summed E-state index contributed by atoms with van der Waals surface area (Å²) in [6.45, 7) is 7.94. The normalized spacial score (nSPS) is 27.2. The van der Waals surface area contributed by atoms with Gasteiger partial charge < -0.3 is 10.0 Å². The standard InChI is InChI=1S/C17H27NO3/c1-17(2,3)12-8-10-18(11-9-12)15(19)13-6-4-5-7-14(13)16(20)21/h8,13-14H,4-7,9-11H2,1-3H3,(H,20,21)/t13-,14+/m1/s1. The molecule has 1 saturated carbocycles. The first kappa shape index (κ1) is 16.1. The molecule has 2 aliphatic rings. The Bertz CT molecular complexity index is 447. The van der Waals surface area contributed by atoms with Crippen LogP contribution in [-0.2, 0) is 9.59 Å². The third-order valence-corrected chi connectivity index (χ3v) is 4.88. The van der Waals surface area contributed by atoms with Crippen molar-refractivity contribution in [2.45, 2.75) is 52.9 Å². The van der Waals surface area contributed by atoms with E-state index < -0.39 is 11.9 Å². The first-order valence-electron chi connectivity index (χ1n) is 8.02. The maximum atomic E-state index is 12.7. The number of carbonyl (C=O) groups excluding carboxylic acids is 1. The van der Waals surface area contributed by atoms with Gasteiger partial charge in [-0.25, -0.2) is 0 Å². The minimum Gasteiger partial charge on any atom is -0.481 e. The van der Waals surface area contributed by atoms with Crippen LogP contribution in [-0.4, -0.2) is 35.0 Å². The number of hydrogen-bond donors (Lipinski definition) is 1. The molecule has 1 fully saturated rings. The summed E-state index contributed by atoms with van der Waals surface area (Å²) in [7, 11) is 0. The zero-order valence-electron chi connectivity index (χ0n) is 13.4. The lowest BCUT2D eigenvalue weighted by atomic mass is 9.78. The fourth-order valence-electron chi connectivity index (χ4n) is 3.51. The van der Waals surface area contributed by atoms with Crippen molar-refractivity contribution in [3.05, 3.63) is 11.6 Å². The summed E-state index contributed by atoms with van der Waals surface area (Å²) in [4.78, 5) is 25.9. The Labute approximate surface area is 127 Å². The summed E-state index contributed by atoms with van der Waals surface area (Å²) in [5.74, 6) is -1.57. The van der Waals surface area contributed by atoms with Gasteiger partial charge >= 0.3 is 5.97 Å². The monoisotopic (exact) mass is 293 g/mol. The molecule has 0 aromatic heterocycles. The molecule has 0 aromatic carbocycles. The molecule has 1 amide bonds. The molecule has 2 atom stereocenters. The fraction of sp³-hybridized carbons (Fsp3) is 0.765. The van der Waals surface area contributed by atoms with Gasteiger partial charge in [-0.15, -0.1) is 0 Å². The number of rotatable bonds is 2. The van der Waals surface area contributed by atoms with Crippen molar-refractivity contribution in [1.82, 2.24) is 4.90 Å². The van der Waals surface area contributed by atoms with Crippen LogP contribution in [0.1, 0.15) is 52.9 Å². The molecule has 1 heterocycles. The van der Waals surface area contributed by atoms with Crippen LogP contribution in [0.15, 0.2) is 11.6 Å². The van der Waals surface area contributed by atoms with Crippen molar-refractivity contribution in [3.63, 3.8) is 0 Å². The van der Waals surface area contributed by atoms with Gasteiger partial charge in [-0.1, -0.05) is 45.3 Å². The van der Waals surface area contributed by atoms with Gasteiger partial charge in [-0.05, 0) is 24.7 Å². The number of carbonyl (C=O) groups is 2. The lowest BCUT2D eigenvalue weighted by Gasteiger charge is -2.36. The van der Waals surface area contributed by atoms with Crippen molar-refractivity contribution < 1.29 is 14.7 Å². The van der Waals surface area contributed by atoms with Crippen LogP contribution in [0.5, 0.6) is 0 Å². The molecular weight excluding hydrogens is 266 g/mol. The second kappa shape index (κ2) is 6.20. The molecule has 0 unspecified atom stereocenters. The predicted molar refractivity (Wildman–Crippen MR) is 81.8 cm³/mol. The molecule has 1 aliphatic carbocycles. The van der Waals surface area contributed by atoms with E-state index >= 15 is 0 Å². The van der Waals surface area contributed by atoms with Crippen LogP contribution in [0.3, 0.4) is 0 Å². The highest BCUT2D eigenvalue weighted by Gasteiger charge is 2.38. The lowest BCUT2D eigenvalue weighted by molar-refractivity contribution is -0.152. The van der Waals surface area contributed by atoms with Crippen LogP contribution in [0.25, 0.3) is 0 Å². The molecule has 0 radical (unpaired) electrons. The minimum absolute atomic E-state index is 0.0475. The van der Waals surface area contributed by atoms with Gasteiger partial charge in [0.2, 0.25) is 5.91 Å². The van der Waals surface area contributed by atoms with Crippen LogP contribution in [0.4, 0.5) is 0 Å². The first-order chi connectivity index (χ1) is 9.80. The summed E-state index contributed by atoms with van der Waals surface area (Å²) in [5.41, 5.74) is 1.55. The molecule has 0 spiro atoms. The first-order valence-corrected chi connectivity index (χ1v) is 8.02. The van der Waals surface area contributed by atoms with E-state index in [1.165, 1.54) is 5.57 Å². The average Bonchev–Trinajstić information content (AvgIpc) is 2.45. The smallest absolute Gasteiger partial charge is 0.307 e. The second-order valence-electron chi connectivity index (χ2n) is 7.35. The zero-order valence-corrected chi connectivity index (χ0v) is 13.4. The Morgan fingerprint density at radius 2 is 1.81 bits per heavy atom. The summed E-state index contributed by atoms with van der Waals surface area (Å²) in [6, 6.07) is 0. The van der Waals surface area contributed by atoms with E-state index in [1.54, 1.807) is 0 Å². The van der Waals surface area contributed by atoms with Gasteiger partial charge in [0.05, 0.1) is 11.8 Å². The summed E-state index contributed by atoms with van der Waals surface area (Å²) in [5, 5.41) is 9.32. The number of hydrogen-bond acceptors (Lipinski definition) is 2. The Kier molecular flexibility index (Phi) is 4.74. The molecule has 0 bridgehead atoms. The highest BCUT2D eigenvalue weighted by Crippen LogP contribution is 2.34. The zero-order chi connectivity index (χ0) is 15.6. The van der Waals surface area contributed by atoms with Crippen LogP contribution in [0, 0.1) is 17.3 Å². The van der Waals surface area contributed by atoms with Gasteiger partial charge in [0, 0.05) is 13.1 Å². The highest BCUT2D eigenvalue weighted by atomic mass is 16.4. The number of amides is 1. The third-order valence-electron chi connectivity index (χ3n) is 4.88. The fourth-order valence-corrected chi connectivity index (χ4v) is 3.51. The third kappa shape index (κ3) is 3.66. The summed E-state index contributed by atoms with van der Waals surface area (Å²) < 4.78 is 0. The van der Waals surface area contributed by atoms with Gasteiger partial charge in [0.1, 0.15) is 0 Å². The van der Waals surface area contributed by atoms with Crippen molar-refractivity contribution in [2.24, 2.45) is 17.3 Å². The SMILES string of the molecule is CC(C)(C)C1=CCN(C(=O)[C@@H]2CCCC[C@@H]2C(=O)O)CC1. The lowest BCUT2D eigenvalue weighted by Crippen LogP contribution is -2.44. The van der Waals surface area contributed by atoms with Crippen molar-refractivity contribution in [3.8, 4) is 0 Å². The van der Waals surface area contributed by atoms with Crippen molar-refractivity contribution in [2.75, 3.05) is 13.1 Å². The predicted octanol–water partition coefficient (Wildman–Crippen LogP) is 3.08. The van der Waals surface area contributed by atoms with E-state index in [9.17, 15) is 14.7 Å². The van der Waals surface area contributed by atoms with Gasteiger partial charge in [-0.3, -0.25) is 9.59 Å². The van der Waals surface area contributed by atoms with E-state index in [1.807, 2.05) is 4.90 Å². The number of nitrogens with zero attached hydrogens (tertiary/aromatic N) is 1. The maximum Gasteiger partial charge on any atom is 0.307 e. The molecule has 21 heavy (non-hydrogen) atoms. The number of carboxylic acids is 1. The van der Waals surface area contributed by atoms with E-state index in [-0.39, 0.29) is 17.2 Å². The Morgan fingerprint density at radius 3 is 2.29 bits per heavy atom. The summed E-state index contributed by atoms with van der Waals surface area (Å²) in [6.07, 6.45) is 6.32. The molecule has 1 aliphatic heterocycles. The van der Waals surface area contributed by atoms with E-state index in [0.29, 0.717) is 13.0 Å². The van der Waals surface area contributed by atoms with Gasteiger partial charge in [-0.2, -0.15) is 0 Å². The van der Waals surface area contributed by atoms with Crippen molar-refractivity contribution in [1.29, 1.82) is 0 Å². The Balaban J connectivity index is 2.04. The van der Waals surface area contributed by atoms with Crippen LogP contribution < -0.4 is 0 Å². The highest BCUT2D eigenvalue weighted by molar-refractivity contribution is 5.85. The topological polar surface area (TPSA) is 57.6 Å². The average molecular weight is 293 g/mol. The quantitative estimate of drug-likeness (QED) is 0.796. The van der Waals surface area contributed by atoms with Gasteiger partial charge in [0.15, 0.2) is 0 Å². The Hall–Kier alpha value is -1.32. The number of aliphatic carboxylic acids is 1. The maximum absolute atomic E-state index is 12.7. The van der Waals surface area contributed by atoms with Crippen molar-refractivity contribution >= 4 is 11.9 Å². The summed E-state index contributed by atoms with van der Waals surface area (Å²) >= 11 is 0. The molecular formula is C17H27NO3. The van der Waals surface area contributed by atoms with Gasteiger partial charge in [0.25, 0.3) is 0 Å². The molecule has 1 N–H and O–H groups in total. The van der Waals surface area contributed by atoms with Crippen LogP contribution in [0.2, 0.25) is 0 Å². The molecule has 2 rings (SSSR count). The molecule has 118 valence electrons. The number of carboxylic acid groups (broad SMARTS) is 1. The molecule has 0 aromatic rings. The van der Waals surface area contributed by atoms with Crippen LogP contribution >= 0.6 is 0 Å². The Morgan fingerprint density at radius 1 is 1.19 bits per heavy atom. The molecule has 4 heteroatoms. The largest absolute Gasteiger partial charge is 0.481 e. The van der Waals surface area contributed by atoms with E-state index in [2.05, 4.69) is 26.8 Å². The second-order valence-corrected chi connectivity index (χ2v) is 7.35.